The van der Waals surface area contributed by atoms with Crippen LogP contribution in [0.25, 0.3) is 39.7 Å². The van der Waals surface area contributed by atoms with Gasteiger partial charge in [-0.05, 0) is 56.1 Å². The molecule has 0 atom stereocenters. The Morgan fingerprint density at radius 1 is 0.909 bits per heavy atom. The number of hydrogen-bond donors (Lipinski definition) is 1. The number of H-pyrrole nitrogens is 1. The molecule has 10 nitrogen and oxygen atoms in total. The summed E-state index contributed by atoms with van der Waals surface area (Å²) in [5.74, 6) is 1.96. The number of aromatic nitrogens is 7. The van der Waals surface area contributed by atoms with Crippen LogP contribution in [0.4, 0.5) is 0 Å². The number of fused-ring (bicyclic) bond motifs is 1. The molecule has 0 radical (unpaired) electrons. The number of imidazole rings is 1. The topological polar surface area (TPSA) is 114 Å². The zero-order valence-corrected chi connectivity index (χ0v) is 24.4. The summed E-state index contributed by atoms with van der Waals surface area (Å²) < 4.78 is 6.94. The highest BCUT2D eigenvalue weighted by Crippen LogP contribution is 2.32. The Hall–Kier alpha value is -5.22. The van der Waals surface area contributed by atoms with Gasteiger partial charge in [0.25, 0.3) is 0 Å². The van der Waals surface area contributed by atoms with E-state index in [1.807, 2.05) is 42.6 Å². The highest BCUT2D eigenvalue weighted by atomic mass is 16.5. The maximum absolute atomic E-state index is 12.3. The lowest BCUT2D eigenvalue weighted by molar-refractivity contribution is 0.0520. The lowest BCUT2D eigenvalue weighted by Crippen LogP contribution is -2.32. The lowest BCUT2D eigenvalue weighted by atomic mass is 9.95. The van der Waals surface area contributed by atoms with E-state index in [4.69, 9.17) is 14.7 Å². The number of pyridine rings is 1. The van der Waals surface area contributed by atoms with Gasteiger partial charge in [0.1, 0.15) is 11.5 Å². The second-order valence-electron chi connectivity index (χ2n) is 10.9. The van der Waals surface area contributed by atoms with Crippen LogP contribution < -0.4 is 0 Å². The number of nitrogens with one attached hydrogen (secondary N) is 1. The van der Waals surface area contributed by atoms with Crippen molar-refractivity contribution in [3.8, 4) is 33.9 Å². The third-order valence-corrected chi connectivity index (χ3v) is 8.02. The third-order valence-electron chi connectivity index (χ3n) is 8.02. The van der Waals surface area contributed by atoms with E-state index in [1.165, 1.54) is 5.56 Å². The summed E-state index contributed by atoms with van der Waals surface area (Å²) >= 11 is 0. The van der Waals surface area contributed by atoms with Crippen molar-refractivity contribution in [1.29, 1.82) is 0 Å². The second kappa shape index (κ2) is 12.2. The minimum Gasteiger partial charge on any atom is -0.461 e. The molecule has 1 aliphatic rings. The molecule has 10 heteroatoms. The van der Waals surface area contributed by atoms with E-state index in [1.54, 1.807) is 23.7 Å². The quantitative estimate of drug-likeness (QED) is 0.223. The van der Waals surface area contributed by atoms with Gasteiger partial charge in [0.05, 0.1) is 12.3 Å². The van der Waals surface area contributed by atoms with E-state index in [2.05, 4.69) is 61.5 Å². The molecule has 0 unspecified atom stereocenters. The smallest absolute Gasteiger partial charge is 0.358 e. The van der Waals surface area contributed by atoms with Gasteiger partial charge in [-0.25, -0.2) is 19.7 Å². The predicted octanol–water partition coefficient (Wildman–Crippen LogP) is 5.80. The zero-order chi connectivity index (χ0) is 29.9. The van der Waals surface area contributed by atoms with Crippen LogP contribution in [0.3, 0.4) is 0 Å². The average molecular weight is 585 g/mol. The van der Waals surface area contributed by atoms with E-state index in [9.17, 15) is 4.79 Å². The van der Waals surface area contributed by atoms with Gasteiger partial charge in [-0.2, -0.15) is 5.10 Å². The fourth-order valence-electron chi connectivity index (χ4n) is 5.73. The van der Waals surface area contributed by atoms with Gasteiger partial charge in [-0.3, -0.25) is 19.4 Å². The standard InChI is InChI=1S/C34H32N8O2/c1-2-44-33(43)29-22-42-21-27(24-8-4-3-5-9-24)30(37-34(42)36-29)25-13-11-23(12-14-25)20-41-18-15-26(16-19-41)31-38-32(40-39-31)28-10-6-7-17-35-28/h3-14,17,21-22,26H,2,15-16,18-20H2,1H3,(H,38,39,40). The maximum Gasteiger partial charge on any atom is 0.358 e. The first kappa shape index (κ1) is 27.6. The molecule has 7 rings (SSSR count). The summed E-state index contributed by atoms with van der Waals surface area (Å²) in [5.41, 5.74) is 6.07. The first-order valence-corrected chi connectivity index (χ1v) is 14.9. The number of rotatable bonds is 8. The van der Waals surface area contributed by atoms with Crippen molar-refractivity contribution in [3.05, 3.63) is 108 Å². The van der Waals surface area contributed by atoms with Gasteiger partial charge in [-0.1, -0.05) is 60.7 Å². The molecule has 4 aromatic heterocycles. The molecule has 0 aliphatic carbocycles. The van der Waals surface area contributed by atoms with E-state index in [-0.39, 0.29) is 5.69 Å². The van der Waals surface area contributed by atoms with Crippen molar-refractivity contribution in [1.82, 2.24) is 39.4 Å². The minimum atomic E-state index is -0.454. The Bertz CT molecular complexity index is 1880. The van der Waals surface area contributed by atoms with Crippen LogP contribution in [-0.2, 0) is 11.3 Å². The number of esters is 1. The number of carbonyl (C=O) groups is 1. The Balaban J connectivity index is 1.06. The Morgan fingerprint density at radius 3 is 2.45 bits per heavy atom. The first-order valence-electron chi connectivity index (χ1n) is 14.9. The van der Waals surface area contributed by atoms with E-state index >= 15 is 0 Å². The van der Waals surface area contributed by atoms with Crippen LogP contribution in [0.1, 0.15) is 47.6 Å². The Labute approximate surface area is 254 Å². The van der Waals surface area contributed by atoms with Crippen molar-refractivity contribution < 1.29 is 9.53 Å². The summed E-state index contributed by atoms with van der Waals surface area (Å²) in [4.78, 5) is 33.3. The minimum absolute atomic E-state index is 0.242. The molecule has 0 saturated carbocycles. The number of benzene rings is 2. The fraction of sp³-hybridized carbons (Fsp3) is 0.235. The first-order chi connectivity index (χ1) is 21.6. The van der Waals surface area contributed by atoms with Crippen LogP contribution >= 0.6 is 0 Å². The van der Waals surface area contributed by atoms with E-state index in [0.29, 0.717) is 24.1 Å². The average Bonchev–Trinajstić information content (AvgIpc) is 3.74. The van der Waals surface area contributed by atoms with Crippen molar-refractivity contribution in [2.45, 2.75) is 32.2 Å². The van der Waals surface area contributed by atoms with Crippen LogP contribution in [0.5, 0.6) is 0 Å². The molecule has 2 aromatic carbocycles. The molecule has 0 spiro atoms. The summed E-state index contributed by atoms with van der Waals surface area (Å²) in [6.45, 7) is 4.93. The van der Waals surface area contributed by atoms with Crippen LogP contribution in [0, 0.1) is 0 Å². The number of likely N-dealkylation sites (tertiary alicyclic amines) is 1. The number of piperidine rings is 1. The summed E-state index contributed by atoms with van der Waals surface area (Å²) in [7, 11) is 0. The van der Waals surface area contributed by atoms with Gasteiger partial charge in [0.2, 0.25) is 5.78 Å². The largest absolute Gasteiger partial charge is 0.461 e. The van der Waals surface area contributed by atoms with Gasteiger partial charge < -0.3 is 4.74 Å². The monoisotopic (exact) mass is 584 g/mol. The SMILES string of the molecule is CCOC(=O)c1cn2cc(-c3ccccc3)c(-c3ccc(CN4CCC(c5nc(-c6ccccn6)n[nH]5)CC4)cc3)nc2n1. The van der Waals surface area contributed by atoms with Gasteiger partial charge >= 0.3 is 5.97 Å². The maximum atomic E-state index is 12.3. The Kier molecular flexibility index (Phi) is 7.64. The summed E-state index contributed by atoms with van der Waals surface area (Å²) in [5, 5.41) is 7.54. The second-order valence-corrected chi connectivity index (χ2v) is 10.9. The molecule has 220 valence electrons. The molecule has 0 bridgehead atoms. The van der Waals surface area contributed by atoms with Crippen molar-refractivity contribution in [2.24, 2.45) is 0 Å². The molecular weight excluding hydrogens is 552 g/mol. The number of ether oxygens (including phenoxy) is 1. The van der Waals surface area contributed by atoms with Crippen LogP contribution in [0.2, 0.25) is 0 Å². The molecule has 1 aliphatic heterocycles. The van der Waals surface area contributed by atoms with Crippen molar-refractivity contribution in [3.63, 3.8) is 0 Å². The van der Waals surface area contributed by atoms with E-state index in [0.717, 1.165) is 66.4 Å². The molecule has 0 amide bonds. The van der Waals surface area contributed by atoms with Crippen molar-refractivity contribution in [2.75, 3.05) is 19.7 Å². The van der Waals surface area contributed by atoms with Gasteiger partial charge in [0.15, 0.2) is 11.5 Å². The molecule has 5 heterocycles. The van der Waals surface area contributed by atoms with Gasteiger partial charge in [0, 0.05) is 42.2 Å². The lowest BCUT2D eigenvalue weighted by Gasteiger charge is -2.31. The van der Waals surface area contributed by atoms with Crippen LogP contribution in [0.15, 0.2) is 91.4 Å². The number of hydrogen-bond acceptors (Lipinski definition) is 8. The molecule has 1 fully saturated rings. The highest BCUT2D eigenvalue weighted by molar-refractivity contribution is 5.88. The van der Waals surface area contributed by atoms with Gasteiger partial charge in [-0.15, -0.1) is 0 Å². The predicted molar refractivity (Wildman–Crippen MR) is 167 cm³/mol. The zero-order valence-electron chi connectivity index (χ0n) is 24.4. The molecule has 1 N–H and O–H groups in total. The van der Waals surface area contributed by atoms with E-state index < -0.39 is 5.97 Å². The molecular formula is C34H32N8O2. The normalized spacial score (nSPS) is 14.2. The number of aromatic amines is 1. The molecule has 6 aromatic rings. The third kappa shape index (κ3) is 5.71. The fourth-order valence-corrected chi connectivity index (χ4v) is 5.73. The van der Waals surface area contributed by atoms with Crippen LogP contribution in [-0.4, -0.2) is 65.1 Å². The number of nitrogens with zero attached hydrogens (tertiary/aromatic N) is 7. The van der Waals surface area contributed by atoms with Crippen molar-refractivity contribution >= 4 is 11.7 Å². The molecule has 44 heavy (non-hydrogen) atoms. The highest BCUT2D eigenvalue weighted by Gasteiger charge is 2.24. The summed E-state index contributed by atoms with van der Waals surface area (Å²) in [6.07, 6.45) is 7.46. The number of carbonyl (C=O) groups excluding carboxylic acids is 1. The molecule has 1 saturated heterocycles. The Morgan fingerprint density at radius 2 is 1.70 bits per heavy atom. The summed E-state index contributed by atoms with van der Waals surface area (Å²) in [6, 6.07) is 24.5.